The highest BCUT2D eigenvalue weighted by atomic mass is 127. The number of thiazole rings is 1. The lowest BCUT2D eigenvalue weighted by atomic mass is 10.1. The van der Waals surface area contributed by atoms with Gasteiger partial charge in [-0.15, -0.1) is 0 Å². The number of rotatable bonds is 4. The summed E-state index contributed by atoms with van der Waals surface area (Å²) in [6.07, 6.45) is 0. The van der Waals surface area contributed by atoms with E-state index in [2.05, 4.69) is 41.6 Å². The average molecular weight is 484 g/mol. The van der Waals surface area contributed by atoms with Gasteiger partial charge in [-0.2, -0.15) is 0 Å². The summed E-state index contributed by atoms with van der Waals surface area (Å²) in [6.45, 7) is 2.54. The number of nitrogens with zero attached hydrogens (tertiary/aromatic N) is 2. The normalized spacial score (nSPS) is 10.9. The Hall–Kier alpha value is -2.25. The van der Waals surface area contributed by atoms with Crippen molar-refractivity contribution >= 4 is 55.2 Å². The van der Waals surface area contributed by atoms with Crippen LogP contribution in [0.1, 0.15) is 21.5 Å². The predicted octanol–water partition coefficient (Wildman–Crippen LogP) is 6.06. The first-order valence-corrected chi connectivity index (χ1v) is 10.5. The van der Waals surface area contributed by atoms with Gasteiger partial charge >= 0.3 is 0 Å². The number of benzene rings is 3. The fourth-order valence-electron chi connectivity index (χ4n) is 2.96. The number of hydrogen-bond acceptors (Lipinski definition) is 3. The molecule has 0 aliphatic rings. The van der Waals surface area contributed by atoms with Crippen LogP contribution < -0.4 is 4.90 Å². The van der Waals surface area contributed by atoms with Gasteiger partial charge in [-0.3, -0.25) is 9.69 Å². The van der Waals surface area contributed by atoms with E-state index in [0.717, 1.165) is 30.0 Å². The number of fused-ring (bicyclic) bond motifs is 1. The lowest BCUT2D eigenvalue weighted by Crippen LogP contribution is -2.30. The van der Waals surface area contributed by atoms with E-state index in [0.29, 0.717) is 12.1 Å². The Labute approximate surface area is 175 Å². The van der Waals surface area contributed by atoms with Gasteiger partial charge in [-0.25, -0.2) is 4.98 Å². The van der Waals surface area contributed by atoms with E-state index >= 15 is 0 Å². The second kappa shape index (κ2) is 7.78. The maximum Gasteiger partial charge on any atom is 0.261 e. The van der Waals surface area contributed by atoms with Gasteiger partial charge in [0.25, 0.3) is 5.91 Å². The summed E-state index contributed by atoms with van der Waals surface area (Å²) in [5.41, 5.74) is 3.86. The van der Waals surface area contributed by atoms with Gasteiger partial charge in [-0.05, 0) is 58.8 Å². The molecule has 0 fully saturated rings. The zero-order valence-electron chi connectivity index (χ0n) is 14.7. The minimum Gasteiger partial charge on any atom is -0.279 e. The largest absolute Gasteiger partial charge is 0.279 e. The summed E-state index contributed by atoms with van der Waals surface area (Å²) in [7, 11) is 0. The molecular formula is C22H17IN2OS. The molecule has 3 nitrogen and oxygen atoms in total. The zero-order valence-corrected chi connectivity index (χ0v) is 17.7. The lowest BCUT2D eigenvalue weighted by Gasteiger charge is -2.20. The smallest absolute Gasteiger partial charge is 0.261 e. The van der Waals surface area contributed by atoms with Crippen LogP contribution in [0.2, 0.25) is 0 Å². The summed E-state index contributed by atoms with van der Waals surface area (Å²) in [4.78, 5) is 20.0. The molecule has 0 saturated carbocycles. The first-order chi connectivity index (χ1) is 13.1. The Balaban J connectivity index is 1.81. The van der Waals surface area contributed by atoms with Crippen molar-refractivity contribution in [1.82, 2.24) is 4.98 Å². The standard InChI is InChI=1S/C22H17IN2OS/c1-15-8-7-13-19-20(15)24-22(27-19)25(14-16-9-3-2-4-10-16)21(26)17-11-5-6-12-18(17)23/h2-13H,14H2,1H3. The van der Waals surface area contributed by atoms with Crippen LogP contribution in [0.5, 0.6) is 0 Å². The molecule has 1 amide bonds. The molecule has 3 aromatic carbocycles. The number of aryl methyl sites for hydroxylation is 1. The number of aromatic nitrogens is 1. The number of halogens is 1. The molecule has 0 spiro atoms. The van der Waals surface area contributed by atoms with Crippen molar-refractivity contribution in [1.29, 1.82) is 0 Å². The van der Waals surface area contributed by atoms with Crippen LogP contribution in [0.3, 0.4) is 0 Å². The average Bonchev–Trinajstić information content (AvgIpc) is 3.12. The van der Waals surface area contributed by atoms with E-state index in [1.54, 1.807) is 16.2 Å². The summed E-state index contributed by atoms with van der Waals surface area (Å²) < 4.78 is 2.04. The second-order valence-electron chi connectivity index (χ2n) is 6.27. The third-order valence-electron chi connectivity index (χ3n) is 4.37. The van der Waals surface area contributed by atoms with E-state index in [1.165, 1.54) is 0 Å². The second-order valence-corrected chi connectivity index (χ2v) is 8.45. The van der Waals surface area contributed by atoms with Gasteiger partial charge in [-0.1, -0.05) is 65.9 Å². The molecule has 27 heavy (non-hydrogen) atoms. The topological polar surface area (TPSA) is 33.2 Å². The van der Waals surface area contributed by atoms with Crippen LogP contribution in [0.15, 0.2) is 72.8 Å². The molecule has 1 aromatic heterocycles. The van der Waals surface area contributed by atoms with E-state index < -0.39 is 0 Å². The van der Waals surface area contributed by atoms with E-state index in [-0.39, 0.29) is 5.91 Å². The molecule has 0 aliphatic heterocycles. The summed E-state index contributed by atoms with van der Waals surface area (Å²) in [5.74, 6) is -0.0273. The molecule has 0 N–H and O–H groups in total. The summed E-state index contributed by atoms with van der Waals surface area (Å²) in [5, 5.41) is 0.729. The highest BCUT2D eigenvalue weighted by Crippen LogP contribution is 2.32. The van der Waals surface area contributed by atoms with Crippen LogP contribution in [-0.4, -0.2) is 10.9 Å². The van der Waals surface area contributed by atoms with Crippen LogP contribution in [-0.2, 0) is 6.54 Å². The molecule has 4 aromatic rings. The van der Waals surface area contributed by atoms with Crippen molar-refractivity contribution in [3.8, 4) is 0 Å². The molecule has 4 rings (SSSR count). The first-order valence-electron chi connectivity index (χ1n) is 8.60. The van der Waals surface area contributed by atoms with Crippen molar-refractivity contribution in [3.05, 3.63) is 93.1 Å². The number of carbonyl (C=O) groups is 1. The van der Waals surface area contributed by atoms with Gasteiger partial charge in [0.15, 0.2) is 5.13 Å². The van der Waals surface area contributed by atoms with Gasteiger partial charge in [0, 0.05) is 3.57 Å². The number of amides is 1. The minimum absolute atomic E-state index is 0.0273. The molecule has 0 unspecified atom stereocenters. The third kappa shape index (κ3) is 3.75. The van der Waals surface area contributed by atoms with Crippen molar-refractivity contribution in [3.63, 3.8) is 0 Å². The third-order valence-corrected chi connectivity index (χ3v) is 6.36. The van der Waals surface area contributed by atoms with Crippen molar-refractivity contribution in [2.75, 3.05) is 4.90 Å². The number of para-hydroxylation sites is 1. The Morgan fingerprint density at radius 3 is 2.48 bits per heavy atom. The fraction of sp³-hybridized carbons (Fsp3) is 0.0909. The molecule has 0 bridgehead atoms. The quantitative estimate of drug-likeness (QED) is 0.330. The van der Waals surface area contributed by atoms with Gasteiger partial charge in [0.2, 0.25) is 0 Å². The van der Waals surface area contributed by atoms with E-state index in [1.807, 2.05) is 60.7 Å². The van der Waals surface area contributed by atoms with Gasteiger partial charge in [0.05, 0.1) is 22.3 Å². The van der Waals surface area contributed by atoms with Gasteiger partial charge < -0.3 is 0 Å². The Kier molecular flexibility index (Phi) is 5.22. The SMILES string of the molecule is Cc1cccc2sc(N(Cc3ccccc3)C(=O)c3ccccc3I)nc12. The number of hydrogen-bond donors (Lipinski definition) is 0. The number of anilines is 1. The molecule has 0 aliphatic carbocycles. The van der Waals surface area contributed by atoms with E-state index in [4.69, 9.17) is 4.98 Å². The molecule has 5 heteroatoms. The maximum atomic E-state index is 13.4. The molecule has 0 saturated heterocycles. The fourth-order valence-corrected chi connectivity index (χ4v) is 4.62. The Morgan fingerprint density at radius 1 is 1.00 bits per heavy atom. The maximum absolute atomic E-state index is 13.4. The Bertz CT molecular complexity index is 1110. The monoisotopic (exact) mass is 484 g/mol. The van der Waals surface area contributed by atoms with Crippen molar-refractivity contribution in [2.24, 2.45) is 0 Å². The number of carbonyl (C=O) groups excluding carboxylic acids is 1. The zero-order chi connectivity index (χ0) is 18.8. The van der Waals surface area contributed by atoms with Crippen LogP contribution >= 0.6 is 33.9 Å². The molecule has 134 valence electrons. The van der Waals surface area contributed by atoms with Crippen LogP contribution in [0.4, 0.5) is 5.13 Å². The van der Waals surface area contributed by atoms with Crippen LogP contribution in [0.25, 0.3) is 10.2 Å². The predicted molar refractivity (Wildman–Crippen MR) is 120 cm³/mol. The summed E-state index contributed by atoms with van der Waals surface area (Å²) in [6, 6.07) is 23.9. The lowest BCUT2D eigenvalue weighted by molar-refractivity contribution is 0.0984. The van der Waals surface area contributed by atoms with E-state index in [9.17, 15) is 4.79 Å². The van der Waals surface area contributed by atoms with Crippen LogP contribution in [0, 0.1) is 10.5 Å². The first kappa shape index (κ1) is 18.1. The molecular weight excluding hydrogens is 467 g/mol. The molecule has 0 radical (unpaired) electrons. The summed E-state index contributed by atoms with van der Waals surface area (Å²) >= 11 is 3.77. The minimum atomic E-state index is -0.0273. The van der Waals surface area contributed by atoms with Crippen molar-refractivity contribution in [2.45, 2.75) is 13.5 Å². The highest BCUT2D eigenvalue weighted by Gasteiger charge is 2.23. The molecule has 0 atom stereocenters. The Morgan fingerprint density at radius 2 is 1.74 bits per heavy atom. The molecule has 1 heterocycles. The van der Waals surface area contributed by atoms with Gasteiger partial charge in [0.1, 0.15) is 0 Å². The van der Waals surface area contributed by atoms with Crippen molar-refractivity contribution < 1.29 is 4.79 Å². The highest BCUT2D eigenvalue weighted by molar-refractivity contribution is 14.1.